The van der Waals surface area contributed by atoms with Crippen LogP contribution in [0.2, 0.25) is 0 Å². The molecule has 140 valence electrons. The number of rotatable bonds is 12. The Balaban J connectivity index is 2.57. The fourth-order valence-electron chi connectivity index (χ4n) is 2.55. The normalized spacial score (nSPS) is 11.8. The minimum Gasteiger partial charge on any atom is -0.462 e. The number of hydrogen-bond donors (Lipinski definition) is 0. The lowest BCUT2D eigenvalue weighted by Gasteiger charge is -2.16. The van der Waals surface area contributed by atoms with Crippen LogP contribution in [0.3, 0.4) is 0 Å². The molecule has 0 heterocycles. The van der Waals surface area contributed by atoms with Gasteiger partial charge in [0.15, 0.2) is 0 Å². The Hall–Kier alpha value is -1.84. The molecular weight excluding hydrogens is 316 g/mol. The number of esters is 2. The van der Waals surface area contributed by atoms with Gasteiger partial charge in [0.25, 0.3) is 0 Å². The zero-order valence-corrected chi connectivity index (χ0v) is 15.9. The molecule has 0 fully saturated rings. The molecule has 1 atom stereocenters. The first-order valence-electron chi connectivity index (χ1n) is 9.60. The Morgan fingerprint density at radius 1 is 0.920 bits per heavy atom. The molecule has 25 heavy (non-hydrogen) atoms. The fraction of sp³-hybridized carbons (Fsp3) is 0.619. The van der Waals surface area contributed by atoms with Crippen molar-refractivity contribution in [1.29, 1.82) is 0 Å². The van der Waals surface area contributed by atoms with E-state index in [1.807, 2.05) is 6.92 Å². The van der Waals surface area contributed by atoms with Gasteiger partial charge in [-0.15, -0.1) is 0 Å². The number of benzene rings is 1. The molecule has 0 N–H and O–H groups in total. The van der Waals surface area contributed by atoms with Crippen LogP contribution in [0.1, 0.15) is 92.9 Å². The lowest BCUT2D eigenvalue weighted by atomic mass is 10.1. The van der Waals surface area contributed by atoms with Crippen LogP contribution in [-0.4, -0.2) is 24.6 Å². The first kappa shape index (κ1) is 21.2. The predicted octanol–water partition coefficient (Wildman–Crippen LogP) is 5.55. The Morgan fingerprint density at radius 2 is 1.60 bits per heavy atom. The molecule has 0 aliphatic rings. The summed E-state index contributed by atoms with van der Waals surface area (Å²) in [5.74, 6) is -0.760. The number of carbonyl (C=O) groups excluding carboxylic acids is 2. The maximum absolute atomic E-state index is 12.3. The van der Waals surface area contributed by atoms with Crippen molar-refractivity contribution in [3.63, 3.8) is 0 Å². The van der Waals surface area contributed by atoms with Crippen molar-refractivity contribution in [2.24, 2.45) is 0 Å². The molecule has 0 spiro atoms. The topological polar surface area (TPSA) is 52.6 Å². The Kier molecular flexibility index (Phi) is 10.6. The predicted molar refractivity (Wildman–Crippen MR) is 99.9 cm³/mol. The second-order valence-electron chi connectivity index (χ2n) is 6.36. The second-order valence-corrected chi connectivity index (χ2v) is 6.36. The van der Waals surface area contributed by atoms with Gasteiger partial charge in [-0.2, -0.15) is 0 Å². The van der Waals surface area contributed by atoms with Gasteiger partial charge in [-0.3, -0.25) is 0 Å². The fourth-order valence-corrected chi connectivity index (χ4v) is 2.55. The van der Waals surface area contributed by atoms with Gasteiger partial charge in [0.05, 0.1) is 17.7 Å². The summed E-state index contributed by atoms with van der Waals surface area (Å²) >= 11 is 0. The molecule has 0 bridgehead atoms. The van der Waals surface area contributed by atoms with Crippen LogP contribution in [0.25, 0.3) is 0 Å². The van der Waals surface area contributed by atoms with Gasteiger partial charge in [-0.25, -0.2) is 9.59 Å². The largest absolute Gasteiger partial charge is 0.462 e. The minimum atomic E-state index is -0.385. The van der Waals surface area contributed by atoms with E-state index in [0.717, 1.165) is 51.4 Å². The Bertz CT molecular complexity index is 524. The number of hydrogen-bond acceptors (Lipinski definition) is 4. The molecule has 0 radical (unpaired) electrons. The van der Waals surface area contributed by atoms with Gasteiger partial charge in [0, 0.05) is 0 Å². The second kappa shape index (κ2) is 12.5. The summed E-state index contributed by atoms with van der Waals surface area (Å²) in [6.45, 7) is 6.69. The Labute approximate surface area is 151 Å². The van der Waals surface area contributed by atoms with Crippen molar-refractivity contribution in [3.8, 4) is 0 Å². The highest BCUT2D eigenvalue weighted by molar-refractivity contribution is 5.95. The van der Waals surface area contributed by atoms with Crippen LogP contribution in [0.15, 0.2) is 24.3 Å². The molecule has 0 amide bonds. The summed E-state index contributed by atoms with van der Waals surface area (Å²) in [4.78, 5) is 24.4. The van der Waals surface area contributed by atoms with Crippen LogP contribution >= 0.6 is 0 Å². The quantitative estimate of drug-likeness (QED) is 0.367. The van der Waals surface area contributed by atoms with E-state index >= 15 is 0 Å². The molecule has 1 aromatic rings. The van der Waals surface area contributed by atoms with Crippen LogP contribution < -0.4 is 0 Å². The molecule has 1 aromatic carbocycles. The summed E-state index contributed by atoms with van der Waals surface area (Å²) in [6, 6.07) is 6.59. The van der Waals surface area contributed by atoms with E-state index < -0.39 is 0 Å². The highest BCUT2D eigenvalue weighted by atomic mass is 16.5. The highest BCUT2D eigenvalue weighted by Gasteiger charge is 2.16. The Morgan fingerprint density at radius 3 is 2.24 bits per heavy atom. The first-order chi connectivity index (χ1) is 12.1. The van der Waals surface area contributed by atoms with Crippen molar-refractivity contribution in [2.45, 2.75) is 78.2 Å². The molecule has 0 saturated carbocycles. The zero-order chi connectivity index (χ0) is 18.5. The van der Waals surface area contributed by atoms with Crippen LogP contribution in [0.5, 0.6) is 0 Å². The van der Waals surface area contributed by atoms with Gasteiger partial charge in [0.2, 0.25) is 0 Å². The molecule has 1 unspecified atom stereocenters. The standard InChI is InChI=1S/C21H32O4/c1-4-7-9-10-15-24-20(22)17-12-11-13-18(16-17)21(23)25-19(6-3)14-8-5-2/h11-13,16,19H,4-10,14-15H2,1-3H3. The van der Waals surface area contributed by atoms with E-state index in [-0.39, 0.29) is 18.0 Å². The monoisotopic (exact) mass is 348 g/mol. The summed E-state index contributed by atoms with van der Waals surface area (Å²) < 4.78 is 10.8. The van der Waals surface area contributed by atoms with E-state index in [2.05, 4.69) is 13.8 Å². The summed E-state index contributed by atoms with van der Waals surface area (Å²) in [7, 11) is 0. The van der Waals surface area contributed by atoms with Crippen LogP contribution in [-0.2, 0) is 9.47 Å². The SMILES string of the molecule is CCCCCCOC(=O)c1cccc(C(=O)OC(CC)CCCC)c1. The molecular formula is C21H32O4. The smallest absolute Gasteiger partial charge is 0.338 e. The van der Waals surface area contributed by atoms with Crippen molar-refractivity contribution in [3.05, 3.63) is 35.4 Å². The molecule has 4 heteroatoms. The maximum Gasteiger partial charge on any atom is 0.338 e. The average Bonchev–Trinajstić information content (AvgIpc) is 2.64. The van der Waals surface area contributed by atoms with Crippen molar-refractivity contribution < 1.29 is 19.1 Å². The van der Waals surface area contributed by atoms with Gasteiger partial charge in [-0.1, -0.05) is 58.9 Å². The van der Waals surface area contributed by atoms with Crippen molar-refractivity contribution in [1.82, 2.24) is 0 Å². The molecule has 0 aliphatic heterocycles. The van der Waals surface area contributed by atoms with E-state index in [1.54, 1.807) is 24.3 Å². The third-order valence-corrected chi connectivity index (χ3v) is 4.17. The van der Waals surface area contributed by atoms with E-state index in [1.165, 1.54) is 0 Å². The number of ether oxygens (including phenoxy) is 2. The van der Waals surface area contributed by atoms with E-state index in [9.17, 15) is 9.59 Å². The van der Waals surface area contributed by atoms with E-state index in [0.29, 0.717) is 17.7 Å². The van der Waals surface area contributed by atoms with Gasteiger partial charge >= 0.3 is 11.9 Å². The summed E-state index contributed by atoms with van der Waals surface area (Å²) in [5.41, 5.74) is 0.793. The molecule has 1 rings (SSSR count). The molecule has 0 aliphatic carbocycles. The van der Waals surface area contributed by atoms with Gasteiger partial charge in [0.1, 0.15) is 6.10 Å². The van der Waals surface area contributed by atoms with Crippen LogP contribution in [0, 0.1) is 0 Å². The van der Waals surface area contributed by atoms with Crippen molar-refractivity contribution in [2.75, 3.05) is 6.61 Å². The van der Waals surface area contributed by atoms with Gasteiger partial charge < -0.3 is 9.47 Å². The van der Waals surface area contributed by atoms with Crippen molar-refractivity contribution >= 4 is 11.9 Å². The zero-order valence-electron chi connectivity index (χ0n) is 15.9. The third-order valence-electron chi connectivity index (χ3n) is 4.17. The summed E-state index contributed by atoms with van der Waals surface area (Å²) in [5, 5.41) is 0. The molecule has 0 saturated heterocycles. The van der Waals surface area contributed by atoms with E-state index in [4.69, 9.17) is 9.47 Å². The minimum absolute atomic E-state index is 0.0679. The average molecular weight is 348 g/mol. The third kappa shape index (κ3) is 8.19. The first-order valence-corrected chi connectivity index (χ1v) is 9.60. The molecule has 4 nitrogen and oxygen atoms in total. The molecule has 0 aromatic heterocycles. The number of unbranched alkanes of at least 4 members (excludes halogenated alkanes) is 4. The lowest BCUT2D eigenvalue weighted by Crippen LogP contribution is -2.18. The maximum atomic E-state index is 12.3. The van der Waals surface area contributed by atoms with Crippen LogP contribution in [0.4, 0.5) is 0 Å². The highest BCUT2D eigenvalue weighted by Crippen LogP contribution is 2.14. The summed E-state index contributed by atoms with van der Waals surface area (Å²) in [6.07, 6.45) is 7.95. The number of carbonyl (C=O) groups is 2. The lowest BCUT2D eigenvalue weighted by molar-refractivity contribution is 0.0268. The van der Waals surface area contributed by atoms with Gasteiger partial charge in [-0.05, 0) is 37.5 Å².